The van der Waals surface area contributed by atoms with Crippen LogP contribution < -0.4 is 5.73 Å². The first-order chi connectivity index (χ1) is 5.36. The average Bonchev–Trinajstić information content (AvgIpc) is 2.67. The summed E-state index contributed by atoms with van der Waals surface area (Å²) in [6.07, 6.45) is 5.85. The minimum Gasteiger partial charge on any atom is -0.364 e. The Balaban J connectivity index is 1.93. The zero-order valence-corrected chi connectivity index (χ0v) is 6.59. The zero-order chi connectivity index (χ0) is 7.68. The molecular weight excluding hydrogens is 136 g/mol. The van der Waals surface area contributed by atoms with Gasteiger partial charge in [0.2, 0.25) is 0 Å². The van der Waals surface area contributed by atoms with E-state index in [1.54, 1.807) is 0 Å². The molecule has 0 aliphatic heterocycles. The van der Waals surface area contributed by atoms with Crippen LogP contribution in [-0.2, 0) is 0 Å². The van der Waals surface area contributed by atoms with E-state index in [0.29, 0.717) is 0 Å². The van der Waals surface area contributed by atoms with E-state index in [1.165, 1.54) is 18.5 Å². The van der Waals surface area contributed by atoms with Crippen LogP contribution in [0.1, 0.15) is 31.0 Å². The van der Waals surface area contributed by atoms with Crippen LogP contribution in [0.3, 0.4) is 0 Å². The Morgan fingerprint density at radius 1 is 1.64 bits per heavy atom. The molecule has 11 heavy (non-hydrogen) atoms. The van der Waals surface area contributed by atoms with Gasteiger partial charge in [-0.15, -0.1) is 0 Å². The summed E-state index contributed by atoms with van der Waals surface area (Å²) in [5.74, 6) is 0.910. The summed E-state index contributed by atoms with van der Waals surface area (Å²) in [6, 6.07) is 4.30. The van der Waals surface area contributed by atoms with Gasteiger partial charge in [-0.3, -0.25) is 0 Å². The monoisotopic (exact) mass is 150 g/mol. The van der Waals surface area contributed by atoms with Gasteiger partial charge in [-0.05, 0) is 24.5 Å². The van der Waals surface area contributed by atoms with Crippen molar-refractivity contribution in [1.82, 2.24) is 4.98 Å². The Labute approximate surface area is 66.8 Å². The van der Waals surface area contributed by atoms with Crippen molar-refractivity contribution in [3.63, 3.8) is 0 Å². The van der Waals surface area contributed by atoms with Crippen LogP contribution in [-0.4, -0.2) is 4.98 Å². The number of H-pyrrole nitrogens is 1. The van der Waals surface area contributed by atoms with Crippen molar-refractivity contribution in [2.75, 3.05) is 0 Å². The molecule has 60 valence electrons. The van der Waals surface area contributed by atoms with Crippen LogP contribution in [0.2, 0.25) is 0 Å². The molecule has 2 nitrogen and oxygen atoms in total. The van der Waals surface area contributed by atoms with Crippen LogP contribution >= 0.6 is 0 Å². The van der Waals surface area contributed by atoms with Gasteiger partial charge in [0.05, 0.1) is 0 Å². The van der Waals surface area contributed by atoms with E-state index in [4.69, 9.17) is 5.73 Å². The molecule has 0 aromatic carbocycles. The minimum atomic E-state index is 0.234. The molecule has 0 bridgehead atoms. The molecule has 1 saturated carbocycles. The smallest absolute Gasteiger partial charge is 0.0450 e. The van der Waals surface area contributed by atoms with Crippen molar-refractivity contribution in [3.05, 3.63) is 24.0 Å². The van der Waals surface area contributed by atoms with E-state index >= 15 is 0 Å². The first-order valence-electron chi connectivity index (χ1n) is 4.25. The third-order valence-corrected chi connectivity index (χ3v) is 2.31. The van der Waals surface area contributed by atoms with Gasteiger partial charge in [-0.1, -0.05) is 12.8 Å². The second kappa shape index (κ2) is 2.70. The maximum absolute atomic E-state index is 5.95. The van der Waals surface area contributed by atoms with Gasteiger partial charge < -0.3 is 10.7 Å². The zero-order valence-electron chi connectivity index (χ0n) is 6.59. The number of rotatable bonds is 3. The fourth-order valence-electron chi connectivity index (χ4n) is 1.41. The van der Waals surface area contributed by atoms with Gasteiger partial charge in [0.15, 0.2) is 0 Å². The lowest BCUT2D eigenvalue weighted by molar-refractivity contribution is 0.586. The van der Waals surface area contributed by atoms with Gasteiger partial charge in [-0.25, -0.2) is 0 Å². The standard InChI is InChI=1S/C9H14N2/c10-8(6-7-3-4-7)9-2-1-5-11-9/h1-2,5,7-8,11H,3-4,6,10H2/t8-/m1/s1. The lowest BCUT2D eigenvalue weighted by Crippen LogP contribution is -2.10. The number of nitrogens with one attached hydrogen (secondary N) is 1. The molecule has 1 aliphatic carbocycles. The number of aromatic amines is 1. The van der Waals surface area contributed by atoms with Crippen molar-refractivity contribution in [2.24, 2.45) is 11.7 Å². The van der Waals surface area contributed by atoms with E-state index < -0.39 is 0 Å². The molecule has 1 fully saturated rings. The highest BCUT2D eigenvalue weighted by Crippen LogP contribution is 2.36. The molecule has 1 atom stereocenters. The molecule has 0 saturated heterocycles. The van der Waals surface area contributed by atoms with Crippen molar-refractivity contribution >= 4 is 0 Å². The van der Waals surface area contributed by atoms with E-state index in [9.17, 15) is 0 Å². The Morgan fingerprint density at radius 2 is 2.45 bits per heavy atom. The molecule has 1 heterocycles. The molecule has 2 rings (SSSR count). The summed E-state index contributed by atoms with van der Waals surface area (Å²) in [5, 5.41) is 0. The summed E-state index contributed by atoms with van der Waals surface area (Å²) in [5.41, 5.74) is 7.13. The van der Waals surface area contributed by atoms with Gasteiger partial charge in [0, 0.05) is 17.9 Å². The first kappa shape index (κ1) is 6.92. The molecule has 0 radical (unpaired) electrons. The molecule has 1 aliphatic rings. The quantitative estimate of drug-likeness (QED) is 0.678. The molecule has 0 amide bonds. The van der Waals surface area contributed by atoms with Crippen LogP contribution in [0, 0.1) is 5.92 Å². The molecule has 2 heteroatoms. The van der Waals surface area contributed by atoms with Crippen molar-refractivity contribution in [1.29, 1.82) is 0 Å². The van der Waals surface area contributed by atoms with E-state index in [-0.39, 0.29) is 6.04 Å². The third kappa shape index (κ3) is 1.63. The predicted molar refractivity (Wildman–Crippen MR) is 45.1 cm³/mol. The minimum absolute atomic E-state index is 0.234. The second-order valence-electron chi connectivity index (χ2n) is 3.41. The van der Waals surface area contributed by atoms with Crippen LogP contribution in [0.4, 0.5) is 0 Å². The van der Waals surface area contributed by atoms with Crippen molar-refractivity contribution in [3.8, 4) is 0 Å². The second-order valence-corrected chi connectivity index (χ2v) is 3.41. The van der Waals surface area contributed by atoms with Crippen LogP contribution in [0.5, 0.6) is 0 Å². The number of hydrogen-bond donors (Lipinski definition) is 2. The maximum atomic E-state index is 5.95. The third-order valence-electron chi connectivity index (χ3n) is 2.31. The van der Waals surface area contributed by atoms with Crippen LogP contribution in [0.25, 0.3) is 0 Å². The average molecular weight is 150 g/mol. The molecule has 0 spiro atoms. The summed E-state index contributed by atoms with van der Waals surface area (Å²) < 4.78 is 0. The van der Waals surface area contributed by atoms with Crippen LogP contribution in [0.15, 0.2) is 18.3 Å². The fraction of sp³-hybridized carbons (Fsp3) is 0.556. The van der Waals surface area contributed by atoms with E-state index in [0.717, 1.165) is 12.3 Å². The number of aromatic nitrogens is 1. The van der Waals surface area contributed by atoms with Gasteiger partial charge >= 0.3 is 0 Å². The Hall–Kier alpha value is -0.760. The lowest BCUT2D eigenvalue weighted by Gasteiger charge is -2.07. The Morgan fingerprint density at radius 3 is 3.00 bits per heavy atom. The topological polar surface area (TPSA) is 41.8 Å². The van der Waals surface area contributed by atoms with Gasteiger partial charge in [0.25, 0.3) is 0 Å². The summed E-state index contributed by atoms with van der Waals surface area (Å²) in [4.78, 5) is 3.15. The molecular formula is C9H14N2. The van der Waals surface area contributed by atoms with Crippen molar-refractivity contribution in [2.45, 2.75) is 25.3 Å². The van der Waals surface area contributed by atoms with E-state index in [2.05, 4.69) is 11.1 Å². The summed E-state index contributed by atoms with van der Waals surface area (Å²) >= 11 is 0. The Kier molecular flexibility index (Phi) is 1.70. The number of hydrogen-bond acceptors (Lipinski definition) is 1. The summed E-state index contributed by atoms with van der Waals surface area (Å²) in [7, 11) is 0. The fourth-order valence-corrected chi connectivity index (χ4v) is 1.41. The van der Waals surface area contributed by atoms with E-state index in [1.807, 2.05) is 12.3 Å². The highest BCUT2D eigenvalue weighted by Gasteiger charge is 2.24. The van der Waals surface area contributed by atoms with Gasteiger partial charge in [0.1, 0.15) is 0 Å². The summed E-state index contributed by atoms with van der Waals surface area (Å²) in [6.45, 7) is 0. The lowest BCUT2D eigenvalue weighted by atomic mass is 10.1. The predicted octanol–water partition coefficient (Wildman–Crippen LogP) is 1.81. The number of nitrogens with two attached hydrogens (primary N) is 1. The SMILES string of the molecule is N[C@H](CC1CC1)c1ccc[nH]1. The maximum Gasteiger partial charge on any atom is 0.0450 e. The molecule has 0 unspecified atom stereocenters. The first-order valence-corrected chi connectivity index (χ1v) is 4.25. The molecule has 1 aromatic heterocycles. The normalized spacial score (nSPS) is 20.1. The largest absolute Gasteiger partial charge is 0.364 e. The van der Waals surface area contributed by atoms with Gasteiger partial charge in [-0.2, -0.15) is 0 Å². The Bertz CT molecular complexity index is 211. The molecule has 3 N–H and O–H groups in total. The van der Waals surface area contributed by atoms with Crippen molar-refractivity contribution < 1.29 is 0 Å². The molecule has 1 aromatic rings. The highest BCUT2D eigenvalue weighted by molar-refractivity contribution is 5.08. The highest BCUT2D eigenvalue weighted by atomic mass is 14.8.